The van der Waals surface area contributed by atoms with E-state index in [4.69, 9.17) is 4.74 Å². The predicted octanol–water partition coefficient (Wildman–Crippen LogP) is 3.18. The Hall–Kier alpha value is -0.790. The Balaban J connectivity index is 2.86. The van der Waals surface area contributed by atoms with Gasteiger partial charge in [-0.3, -0.25) is 4.79 Å². The highest BCUT2D eigenvalue weighted by molar-refractivity contribution is 5.78. The molecule has 2 heteroatoms. The van der Waals surface area contributed by atoms with Crippen molar-refractivity contribution in [2.24, 2.45) is 16.7 Å². The molecule has 2 unspecified atom stereocenters. The summed E-state index contributed by atoms with van der Waals surface area (Å²) in [5.41, 5.74) is -0.184. The summed E-state index contributed by atoms with van der Waals surface area (Å²) >= 11 is 0. The SMILES string of the molecule is COC(=O)C1(C)C=CC(C)(C(C)C)CC1. The van der Waals surface area contributed by atoms with Crippen molar-refractivity contribution >= 4 is 5.97 Å². The van der Waals surface area contributed by atoms with Gasteiger partial charge in [-0.1, -0.05) is 32.9 Å². The Morgan fingerprint density at radius 1 is 1.27 bits per heavy atom. The van der Waals surface area contributed by atoms with Crippen LogP contribution < -0.4 is 0 Å². The lowest BCUT2D eigenvalue weighted by molar-refractivity contribution is -0.150. The fraction of sp³-hybridized carbons (Fsp3) is 0.769. The van der Waals surface area contributed by atoms with Gasteiger partial charge in [-0.25, -0.2) is 0 Å². The minimum Gasteiger partial charge on any atom is -0.468 e. The second-order valence-electron chi connectivity index (χ2n) is 5.40. The Morgan fingerprint density at radius 2 is 1.87 bits per heavy atom. The van der Waals surface area contributed by atoms with Crippen LogP contribution in [-0.4, -0.2) is 13.1 Å². The molecule has 2 nitrogen and oxygen atoms in total. The van der Waals surface area contributed by atoms with Gasteiger partial charge in [-0.15, -0.1) is 0 Å². The number of methoxy groups -OCH3 is 1. The molecule has 0 spiro atoms. The predicted molar refractivity (Wildman–Crippen MR) is 61.4 cm³/mol. The van der Waals surface area contributed by atoms with Crippen molar-refractivity contribution in [1.29, 1.82) is 0 Å². The number of esters is 1. The third-order valence-electron chi connectivity index (χ3n) is 3.99. The monoisotopic (exact) mass is 210 g/mol. The molecule has 0 aromatic heterocycles. The van der Waals surface area contributed by atoms with E-state index in [0.29, 0.717) is 5.92 Å². The van der Waals surface area contributed by atoms with Crippen LogP contribution in [0.2, 0.25) is 0 Å². The molecule has 0 aromatic carbocycles. The van der Waals surface area contributed by atoms with E-state index in [9.17, 15) is 4.79 Å². The van der Waals surface area contributed by atoms with Gasteiger partial charge < -0.3 is 4.74 Å². The van der Waals surface area contributed by atoms with E-state index in [2.05, 4.69) is 26.8 Å². The molecule has 0 saturated carbocycles. The van der Waals surface area contributed by atoms with E-state index in [1.54, 1.807) is 0 Å². The fourth-order valence-electron chi connectivity index (χ4n) is 1.95. The molecule has 0 aromatic rings. The lowest BCUT2D eigenvalue weighted by Gasteiger charge is -2.39. The largest absolute Gasteiger partial charge is 0.468 e. The van der Waals surface area contributed by atoms with Crippen molar-refractivity contribution in [1.82, 2.24) is 0 Å². The Bertz CT molecular complexity index is 280. The van der Waals surface area contributed by atoms with Gasteiger partial charge >= 0.3 is 5.97 Å². The van der Waals surface area contributed by atoms with Crippen LogP contribution in [0.5, 0.6) is 0 Å². The fourth-order valence-corrected chi connectivity index (χ4v) is 1.95. The molecule has 1 aliphatic rings. The van der Waals surface area contributed by atoms with Gasteiger partial charge in [-0.05, 0) is 31.1 Å². The molecule has 0 heterocycles. The van der Waals surface area contributed by atoms with Gasteiger partial charge in [0, 0.05) is 0 Å². The van der Waals surface area contributed by atoms with Crippen LogP contribution >= 0.6 is 0 Å². The quantitative estimate of drug-likeness (QED) is 0.517. The molecule has 0 N–H and O–H groups in total. The normalized spacial score (nSPS) is 35.6. The van der Waals surface area contributed by atoms with Crippen LogP contribution in [0.4, 0.5) is 0 Å². The zero-order valence-corrected chi connectivity index (χ0v) is 10.5. The summed E-state index contributed by atoms with van der Waals surface area (Å²) in [6, 6.07) is 0. The van der Waals surface area contributed by atoms with Crippen molar-refractivity contribution in [2.45, 2.75) is 40.5 Å². The van der Waals surface area contributed by atoms with E-state index in [0.717, 1.165) is 12.8 Å². The number of allylic oxidation sites excluding steroid dienone is 1. The highest BCUT2D eigenvalue weighted by atomic mass is 16.5. The maximum atomic E-state index is 11.6. The van der Waals surface area contributed by atoms with Crippen LogP contribution in [0.3, 0.4) is 0 Å². The minimum atomic E-state index is -0.414. The molecule has 0 aliphatic heterocycles. The molecule has 1 rings (SSSR count). The second kappa shape index (κ2) is 3.99. The van der Waals surface area contributed by atoms with Gasteiger partial charge in [-0.2, -0.15) is 0 Å². The lowest BCUT2D eigenvalue weighted by Crippen LogP contribution is -2.35. The molecular formula is C13H22O2. The van der Waals surface area contributed by atoms with Crippen LogP contribution in [0, 0.1) is 16.7 Å². The third kappa shape index (κ3) is 2.24. The summed E-state index contributed by atoms with van der Waals surface area (Å²) in [5, 5.41) is 0. The Morgan fingerprint density at radius 3 is 2.20 bits per heavy atom. The highest BCUT2D eigenvalue weighted by Gasteiger charge is 2.39. The van der Waals surface area contributed by atoms with E-state index in [1.807, 2.05) is 13.0 Å². The first-order valence-corrected chi connectivity index (χ1v) is 5.63. The highest BCUT2D eigenvalue weighted by Crippen LogP contribution is 2.44. The first-order valence-electron chi connectivity index (χ1n) is 5.63. The van der Waals surface area contributed by atoms with Gasteiger partial charge in [0.05, 0.1) is 12.5 Å². The number of rotatable bonds is 2. The second-order valence-corrected chi connectivity index (χ2v) is 5.40. The number of hydrogen-bond donors (Lipinski definition) is 0. The Kier molecular flexibility index (Phi) is 3.27. The summed E-state index contributed by atoms with van der Waals surface area (Å²) in [7, 11) is 1.46. The summed E-state index contributed by atoms with van der Waals surface area (Å²) in [6.45, 7) is 8.66. The van der Waals surface area contributed by atoms with E-state index < -0.39 is 5.41 Å². The van der Waals surface area contributed by atoms with Crippen molar-refractivity contribution in [3.05, 3.63) is 12.2 Å². The Labute approximate surface area is 92.7 Å². The zero-order valence-electron chi connectivity index (χ0n) is 10.5. The number of ether oxygens (including phenoxy) is 1. The van der Waals surface area contributed by atoms with Gasteiger partial charge in [0.25, 0.3) is 0 Å². The van der Waals surface area contributed by atoms with E-state index in [-0.39, 0.29) is 11.4 Å². The topological polar surface area (TPSA) is 26.3 Å². The molecule has 2 atom stereocenters. The maximum absolute atomic E-state index is 11.6. The number of carbonyl (C=O) groups is 1. The summed E-state index contributed by atoms with van der Waals surface area (Å²) < 4.78 is 4.83. The molecule has 0 amide bonds. The minimum absolute atomic E-state index is 0.121. The van der Waals surface area contributed by atoms with Crippen molar-refractivity contribution < 1.29 is 9.53 Å². The zero-order chi connectivity index (χ0) is 11.7. The standard InChI is InChI=1S/C13H22O2/c1-10(2)12(3)6-8-13(4,9-7-12)11(14)15-5/h6,8,10H,7,9H2,1-5H3. The van der Waals surface area contributed by atoms with Crippen LogP contribution in [0.1, 0.15) is 40.5 Å². The van der Waals surface area contributed by atoms with Crippen molar-refractivity contribution in [3.8, 4) is 0 Å². The summed E-state index contributed by atoms with van der Waals surface area (Å²) in [6.07, 6.45) is 6.15. The average Bonchev–Trinajstić information content (AvgIpc) is 2.21. The molecule has 0 bridgehead atoms. The van der Waals surface area contributed by atoms with Gasteiger partial charge in [0.2, 0.25) is 0 Å². The lowest BCUT2D eigenvalue weighted by atomic mass is 9.66. The first-order chi connectivity index (χ1) is 6.84. The van der Waals surface area contributed by atoms with Crippen LogP contribution in [0.15, 0.2) is 12.2 Å². The van der Waals surface area contributed by atoms with Crippen molar-refractivity contribution in [3.63, 3.8) is 0 Å². The van der Waals surface area contributed by atoms with E-state index >= 15 is 0 Å². The van der Waals surface area contributed by atoms with Crippen LogP contribution in [0.25, 0.3) is 0 Å². The number of hydrogen-bond acceptors (Lipinski definition) is 2. The molecule has 15 heavy (non-hydrogen) atoms. The average molecular weight is 210 g/mol. The first kappa shape index (κ1) is 12.3. The molecule has 1 aliphatic carbocycles. The van der Waals surface area contributed by atoms with Crippen molar-refractivity contribution in [2.75, 3.05) is 7.11 Å². The van der Waals surface area contributed by atoms with Gasteiger partial charge in [0.1, 0.15) is 0 Å². The maximum Gasteiger partial charge on any atom is 0.315 e. The summed E-state index contributed by atoms with van der Waals surface area (Å²) in [4.78, 5) is 11.6. The van der Waals surface area contributed by atoms with E-state index in [1.165, 1.54) is 7.11 Å². The summed E-state index contributed by atoms with van der Waals surface area (Å²) in [5.74, 6) is 0.487. The molecule has 0 radical (unpaired) electrons. The van der Waals surface area contributed by atoms with Crippen LogP contribution in [-0.2, 0) is 9.53 Å². The molecular weight excluding hydrogens is 188 g/mol. The molecule has 86 valence electrons. The third-order valence-corrected chi connectivity index (χ3v) is 3.99. The molecule has 0 fully saturated rings. The van der Waals surface area contributed by atoms with Gasteiger partial charge in [0.15, 0.2) is 0 Å². The smallest absolute Gasteiger partial charge is 0.315 e. The number of carbonyl (C=O) groups excluding carboxylic acids is 1. The molecule has 0 saturated heterocycles.